The van der Waals surface area contributed by atoms with Crippen molar-refractivity contribution in [3.8, 4) is 0 Å². The molecule has 22 heavy (non-hydrogen) atoms. The molecule has 0 radical (unpaired) electrons. The summed E-state index contributed by atoms with van der Waals surface area (Å²) in [5, 5.41) is 8.28. The molecule has 0 atom stereocenters. The lowest BCUT2D eigenvalue weighted by Crippen LogP contribution is -2.26. The van der Waals surface area contributed by atoms with Crippen molar-refractivity contribution in [3.05, 3.63) is 34.8 Å². The second-order valence-electron chi connectivity index (χ2n) is 4.51. The average molecular weight is 351 g/mol. The second kappa shape index (κ2) is 5.84. The van der Waals surface area contributed by atoms with Gasteiger partial charge in [0.05, 0.1) is 11.3 Å². The van der Waals surface area contributed by atoms with Crippen LogP contribution in [0.2, 0.25) is 0 Å². The van der Waals surface area contributed by atoms with Gasteiger partial charge in [-0.3, -0.25) is 0 Å². The lowest BCUT2D eigenvalue weighted by Gasteiger charge is -2.16. The fourth-order valence-electron chi connectivity index (χ4n) is 1.69. The third-order valence-electron chi connectivity index (χ3n) is 2.77. The Morgan fingerprint density at radius 2 is 1.77 bits per heavy atom. The van der Waals surface area contributed by atoms with Crippen molar-refractivity contribution in [1.82, 2.24) is 10.2 Å². The minimum absolute atomic E-state index is 0.000799. The molecule has 0 N–H and O–H groups in total. The van der Waals surface area contributed by atoms with Crippen LogP contribution in [-0.4, -0.2) is 31.8 Å². The zero-order valence-corrected chi connectivity index (χ0v) is 13.3. The topological polar surface area (TPSA) is 63.2 Å². The number of sulfonamides is 1. The summed E-state index contributed by atoms with van der Waals surface area (Å²) in [6.45, 7) is 1.69. The van der Waals surface area contributed by atoms with E-state index in [0.717, 1.165) is 39.9 Å². The van der Waals surface area contributed by atoms with Gasteiger partial charge in [0.25, 0.3) is 10.0 Å². The van der Waals surface area contributed by atoms with Crippen LogP contribution in [-0.2, 0) is 16.4 Å². The van der Waals surface area contributed by atoms with Crippen molar-refractivity contribution < 1.29 is 21.6 Å². The van der Waals surface area contributed by atoms with E-state index in [0.29, 0.717) is 5.01 Å². The van der Waals surface area contributed by atoms with E-state index in [2.05, 4.69) is 10.2 Å². The molecule has 0 bridgehead atoms. The molecule has 0 spiro atoms. The summed E-state index contributed by atoms with van der Waals surface area (Å²) in [5.74, 6) is 0. The largest absolute Gasteiger partial charge is 0.393 e. The van der Waals surface area contributed by atoms with Gasteiger partial charge in [0.1, 0.15) is 5.01 Å². The molecule has 1 aromatic heterocycles. The van der Waals surface area contributed by atoms with Gasteiger partial charge in [0, 0.05) is 7.05 Å². The van der Waals surface area contributed by atoms with E-state index in [1.54, 1.807) is 6.92 Å². The predicted octanol–water partition coefficient (Wildman–Crippen LogP) is 2.78. The van der Waals surface area contributed by atoms with Crippen LogP contribution in [0.15, 0.2) is 29.2 Å². The standard InChI is InChI=1S/C12H12F3N3O2S2/c1-8-16-17-11(21-8)18(2)22(19,20)10-5-3-9(4-6-10)7-12(13,14)15/h3-6H,7H2,1-2H3. The molecule has 0 aliphatic rings. The van der Waals surface area contributed by atoms with Gasteiger partial charge in [-0.2, -0.15) is 13.2 Å². The normalized spacial score (nSPS) is 12.4. The molecule has 0 aliphatic heterocycles. The smallest absolute Gasteiger partial charge is 0.243 e. The Kier molecular flexibility index (Phi) is 4.43. The summed E-state index contributed by atoms with van der Waals surface area (Å²) >= 11 is 1.10. The minimum atomic E-state index is -4.33. The van der Waals surface area contributed by atoms with Gasteiger partial charge < -0.3 is 0 Å². The fourth-order valence-corrected chi connectivity index (χ4v) is 3.69. The van der Waals surface area contributed by atoms with Crippen LogP contribution in [0.25, 0.3) is 0 Å². The Hall–Kier alpha value is -1.68. The van der Waals surface area contributed by atoms with Crippen LogP contribution in [0.4, 0.5) is 18.3 Å². The van der Waals surface area contributed by atoms with Crippen LogP contribution < -0.4 is 4.31 Å². The Balaban J connectivity index is 2.26. The molecule has 2 aromatic rings. The van der Waals surface area contributed by atoms with Gasteiger partial charge in [0.15, 0.2) is 0 Å². The summed E-state index contributed by atoms with van der Waals surface area (Å²) < 4.78 is 62.6. The number of hydrogen-bond donors (Lipinski definition) is 0. The summed E-state index contributed by atoms with van der Waals surface area (Å²) in [5.41, 5.74) is 0.000799. The molecular formula is C12H12F3N3O2S2. The highest BCUT2D eigenvalue weighted by molar-refractivity contribution is 7.93. The minimum Gasteiger partial charge on any atom is -0.243 e. The highest BCUT2D eigenvalue weighted by Crippen LogP contribution is 2.26. The zero-order chi connectivity index (χ0) is 16.5. The summed E-state index contributed by atoms with van der Waals surface area (Å²) in [7, 11) is -2.56. The summed E-state index contributed by atoms with van der Waals surface area (Å²) in [4.78, 5) is -0.103. The maximum atomic E-state index is 12.4. The van der Waals surface area contributed by atoms with Crippen molar-refractivity contribution in [1.29, 1.82) is 0 Å². The highest BCUT2D eigenvalue weighted by Gasteiger charge is 2.28. The Bertz CT molecular complexity index is 755. The molecule has 0 amide bonds. The molecule has 120 valence electrons. The van der Waals surface area contributed by atoms with Crippen molar-refractivity contribution in [2.45, 2.75) is 24.4 Å². The number of aromatic nitrogens is 2. The second-order valence-corrected chi connectivity index (χ2v) is 7.64. The lowest BCUT2D eigenvalue weighted by atomic mass is 10.1. The van der Waals surface area contributed by atoms with Crippen LogP contribution in [0.5, 0.6) is 0 Å². The van der Waals surface area contributed by atoms with E-state index >= 15 is 0 Å². The molecule has 5 nitrogen and oxygen atoms in total. The van der Waals surface area contributed by atoms with Gasteiger partial charge >= 0.3 is 6.18 Å². The molecule has 0 fully saturated rings. The molecule has 0 saturated heterocycles. The van der Waals surface area contributed by atoms with E-state index in [1.165, 1.54) is 7.05 Å². The molecule has 1 heterocycles. The number of halogens is 3. The van der Waals surface area contributed by atoms with Crippen LogP contribution in [0, 0.1) is 6.92 Å². The quantitative estimate of drug-likeness (QED) is 0.850. The number of hydrogen-bond acceptors (Lipinski definition) is 5. The predicted molar refractivity (Wildman–Crippen MR) is 76.4 cm³/mol. The highest BCUT2D eigenvalue weighted by atomic mass is 32.2. The van der Waals surface area contributed by atoms with E-state index in [-0.39, 0.29) is 15.6 Å². The Morgan fingerprint density at radius 3 is 2.23 bits per heavy atom. The van der Waals surface area contributed by atoms with Gasteiger partial charge in [-0.15, -0.1) is 10.2 Å². The first kappa shape index (κ1) is 16.7. The molecule has 2 rings (SSSR count). The fraction of sp³-hybridized carbons (Fsp3) is 0.333. The first-order valence-electron chi connectivity index (χ1n) is 6.04. The lowest BCUT2D eigenvalue weighted by molar-refractivity contribution is -0.127. The van der Waals surface area contributed by atoms with Crippen LogP contribution in [0.1, 0.15) is 10.6 Å². The number of alkyl halides is 3. The van der Waals surface area contributed by atoms with Crippen LogP contribution >= 0.6 is 11.3 Å². The number of anilines is 1. The van der Waals surface area contributed by atoms with Gasteiger partial charge in [0.2, 0.25) is 5.13 Å². The van der Waals surface area contributed by atoms with Crippen molar-refractivity contribution in [2.24, 2.45) is 0 Å². The van der Waals surface area contributed by atoms with Gasteiger partial charge in [-0.05, 0) is 24.6 Å². The third kappa shape index (κ3) is 3.74. The SMILES string of the molecule is Cc1nnc(N(C)S(=O)(=O)c2ccc(CC(F)(F)F)cc2)s1. The first-order valence-corrected chi connectivity index (χ1v) is 8.30. The maximum Gasteiger partial charge on any atom is 0.393 e. The number of benzene rings is 1. The van der Waals surface area contributed by atoms with Crippen LogP contribution in [0.3, 0.4) is 0 Å². The molecular weight excluding hydrogens is 339 g/mol. The summed E-state index contributed by atoms with van der Waals surface area (Å²) in [6.07, 6.45) is -5.43. The number of rotatable bonds is 4. The van der Waals surface area contributed by atoms with E-state index in [9.17, 15) is 21.6 Å². The number of aryl methyl sites for hydroxylation is 1. The van der Waals surface area contributed by atoms with E-state index in [4.69, 9.17) is 0 Å². The number of nitrogens with zero attached hydrogens (tertiary/aromatic N) is 3. The molecule has 1 aromatic carbocycles. The summed E-state index contributed by atoms with van der Waals surface area (Å²) in [6, 6.07) is 4.61. The Morgan fingerprint density at radius 1 is 1.18 bits per heavy atom. The molecule has 0 saturated carbocycles. The Labute approximate surface area is 129 Å². The molecule has 10 heteroatoms. The molecule has 0 aliphatic carbocycles. The van der Waals surface area contributed by atoms with Crippen molar-refractivity contribution in [3.63, 3.8) is 0 Å². The van der Waals surface area contributed by atoms with Gasteiger partial charge in [-0.1, -0.05) is 23.5 Å². The zero-order valence-electron chi connectivity index (χ0n) is 11.6. The average Bonchev–Trinajstić information content (AvgIpc) is 2.83. The maximum absolute atomic E-state index is 12.4. The van der Waals surface area contributed by atoms with E-state index < -0.39 is 22.6 Å². The molecule has 0 unspecified atom stereocenters. The first-order chi connectivity index (χ1) is 10.1. The van der Waals surface area contributed by atoms with Crippen molar-refractivity contribution in [2.75, 3.05) is 11.4 Å². The van der Waals surface area contributed by atoms with Crippen molar-refractivity contribution >= 4 is 26.5 Å². The van der Waals surface area contributed by atoms with Gasteiger partial charge in [-0.25, -0.2) is 12.7 Å². The monoisotopic (exact) mass is 351 g/mol. The van der Waals surface area contributed by atoms with E-state index in [1.807, 2.05) is 0 Å². The third-order valence-corrected chi connectivity index (χ3v) is 5.56.